The molecule has 2 aliphatic heterocycles. The monoisotopic (exact) mass is 514 g/mol. The number of carbonyl (C=O) groups is 1. The lowest BCUT2D eigenvalue weighted by molar-refractivity contribution is 0.0743. The molecule has 0 bridgehead atoms. The zero-order valence-electron chi connectivity index (χ0n) is 22.7. The number of amides is 1. The number of likely N-dealkylation sites (tertiary alicyclic amines) is 1. The molecule has 3 heterocycles. The second-order valence-corrected chi connectivity index (χ2v) is 10.3. The van der Waals surface area contributed by atoms with Gasteiger partial charge in [-0.15, -0.1) is 0 Å². The van der Waals surface area contributed by atoms with Crippen molar-refractivity contribution in [1.82, 2.24) is 14.8 Å². The number of benzene rings is 2. The van der Waals surface area contributed by atoms with E-state index in [2.05, 4.69) is 34.1 Å². The third-order valence-electron chi connectivity index (χ3n) is 7.82. The first-order chi connectivity index (χ1) is 18.5. The number of methoxy groups -OCH3 is 2. The summed E-state index contributed by atoms with van der Waals surface area (Å²) >= 11 is 0. The summed E-state index contributed by atoms with van der Waals surface area (Å²) in [5.41, 5.74) is 5.16. The summed E-state index contributed by atoms with van der Waals surface area (Å²) in [5.74, 6) is 2.15. The zero-order chi connectivity index (χ0) is 26.5. The highest BCUT2D eigenvalue weighted by atomic mass is 16.5. The molecular weight excluding hydrogens is 476 g/mol. The van der Waals surface area contributed by atoms with E-state index in [0.29, 0.717) is 19.0 Å². The predicted octanol–water partition coefficient (Wildman–Crippen LogP) is 4.75. The summed E-state index contributed by atoms with van der Waals surface area (Å²) in [5, 5.41) is 0. The molecule has 2 aliphatic rings. The van der Waals surface area contributed by atoms with E-state index in [1.807, 2.05) is 48.2 Å². The summed E-state index contributed by atoms with van der Waals surface area (Å²) in [6.45, 7) is 7.95. The van der Waals surface area contributed by atoms with Gasteiger partial charge in [-0.3, -0.25) is 14.7 Å². The molecule has 2 aromatic carbocycles. The second kappa shape index (κ2) is 11.9. The van der Waals surface area contributed by atoms with Gasteiger partial charge in [0, 0.05) is 56.1 Å². The molecule has 200 valence electrons. The normalized spacial score (nSPS) is 16.9. The molecule has 0 spiro atoms. The highest BCUT2D eigenvalue weighted by Crippen LogP contribution is 2.31. The standard InChI is InChI=1S/C31H38N4O3/c1-23-7-12-29(31(36)35-19-17-34(18-20-35)26-5-4-6-28(21-26)38-3)30(32-23)25-13-15-33(16-14-25)22-24-8-10-27(37-2)11-9-24/h4-12,21,25H,13-20,22H2,1-3H3. The number of rotatable bonds is 7. The number of pyridine rings is 1. The number of nitrogens with zero attached hydrogens (tertiary/aromatic N) is 4. The number of aryl methyl sites for hydroxylation is 1. The number of hydrogen-bond acceptors (Lipinski definition) is 6. The van der Waals surface area contributed by atoms with Crippen LogP contribution < -0.4 is 14.4 Å². The fourth-order valence-corrected chi connectivity index (χ4v) is 5.57. The molecule has 7 nitrogen and oxygen atoms in total. The third-order valence-corrected chi connectivity index (χ3v) is 7.82. The quantitative estimate of drug-likeness (QED) is 0.454. The molecule has 0 atom stereocenters. The number of piperazine rings is 1. The fourth-order valence-electron chi connectivity index (χ4n) is 5.57. The molecule has 0 radical (unpaired) electrons. The van der Waals surface area contributed by atoms with Crippen LogP contribution in [0.3, 0.4) is 0 Å². The maximum absolute atomic E-state index is 13.7. The van der Waals surface area contributed by atoms with Crippen LogP contribution >= 0.6 is 0 Å². The van der Waals surface area contributed by atoms with Crippen LogP contribution in [0.1, 0.15) is 46.1 Å². The van der Waals surface area contributed by atoms with Crippen LogP contribution in [0.25, 0.3) is 0 Å². The first-order valence-electron chi connectivity index (χ1n) is 13.5. The number of carbonyl (C=O) groups excluding carboxylic acids is 1. The lowest BCUT2D eigenvalue weighted by Gasteiger charge is -2.37. The second-order valence-electron chi connectivity index (χ2n) is 10.3. The van der Waals surface area contributed by atoms with E-state index >= 15 is 0 Å². The Bertz CT molecular complexity index is 1230. The Morgan fingerprint density at radius 3 is 2.26 bits per heavy atom. The Morgan fingerprint density at radius 1 is 0.868 bits per heavy atom. The van der Waals surface area contributed by atoms with Gasteiger partial charge in [0.15, 0.2) is 0 Å². The lowest BCUT2D eigenvalue weighted by atomic mass is 9.89. The smallest absolute Gasteiger partial charge is 0.255 e. The summed E-state index contributed by atoms with van der Waals surface area (Å²) in [7, 11) is 3.38. The number of anilines is 1. The van der Waals surface area contributed by atoms with Gasteiger partial charge in [-0.2, -0.15) is 0 Å². The van der Waals surface area contributed by atoms with Gasteiger partial charge in [-0.25, -0.2) is 0 Å². The van der Waals surface area contributed by atoms with E-state index in [0.717, 1.165) is 79.7 Å². The summed E-state index contributed by atoms with van der Waals surface area (Å²) in [6, 6.07) is 20.4. The summed E-state index contributed by atoms with van der Waals surface area (Å²) in [4.78, 5) is 25.4. The van der Waals surface area contributed by atoms with Crippen molar-refractivity contribution in [1.29, 1.82) is 0 Å². The molecule has 5 rings (SSSR count). The van der Waals surface area contributed by atoms with Gasteiger partial charge >= 0.3 is 0 Å². The molecule has 0 N–H and O–H groups in total. The molecule has 0 aliphatic carbocycles. The maximum Gasteiger partial charge on any atom is 0.255 e. The van der Waals surface area contributed by atoms with Gasteiger partial charge in [0.2, 0.25) is 0 Å². The van der Waals surface area contributed by atoms with E-state index in [1.165, 1.54) is 5.56 Å². The minimum absolute atomic E-state index is 0.110. The van der Waals surface area contributed by atoms with Crippen molar-refractivity contribution in [2.75, 3.05) is 58.4 Å². The average molecular weight is 515 g/mol. The first kappa shape index (κ1) is 26.0. The number of hydrogen-bond donors (Lipinski definition) is 0. The van der Waals surface area contributed by atoms with Crippen LogP contribution in [0.4, 0.5) is 5.69 Å². The van der Waals surface area contributed by atoms with Gasteiger partial charge in [0.05, 0.1) is 25.5 Å². The number of piperidine rings is 1. The lowest BCUT2D eigenvalue weighted by Crippen LogP contribution is -2.49. The minimum atomic E-state index is 0.110. The number of aromatic nitrogens is 1. The van der Waals surface area contributed by atoms with E-state index < -0.39 is 0 Å². The molecule has 2 saturated heterocycles. The predicted molar refractivity (Wildman–Crippen MR) is 150 cm³/mol. The topological polar surface area (TPSA) is 58.1 Å². The van der Waals surface area contributed by atoms with Crippen molar-refractivity contribution in [3.63, 3.8) is 0 Å². The molecule has 2 fully saturated rings. The van der Waals surface area contributed by atoms with Crippen molar-refractivity contribution in [3.8, 4) is 11.5 Å². The summed E-state index contributed by atoms with van der Waals surface area (Å²) < 4.78 is 10.7. The molecule has 7 heteroatoms. The Morgan fingerprint density at radius 2 is 1.58 bits per heavy atom. The molecule has 1 aromatic heterocycles. The highest BCUT2D eigenvalue weighted by Gasteiger charge is 2.29. The number of ether oxygens (including phenoxy) is 2. The third kappa shape index (κ3) is 5.94. The van der Waals surface area contributed by atoms with Crippen molar-refractivity contribution in [3.05, 3.63) is 83.2 Å². The van der Waals surface area contributed by atoms with Gasteiger partial charge in [-0.05, 0) is 74.8 Å². The van der Waals surface area contributed by atoms with Gasteiger partial charge in [0.25, 0.3) is 5.91 Å². The van der Waals surface area contributed by atoms with Crippen molar-refractivity contribution in [2.24, 2.45) is 0 Å². The molecule has 3 aromatic rings. The highest BCUT2D eigenvalue weighted by molar-refractivity contribution is 5.95. The molecule has 0 saturated carbocycles. The molecular formula is C31H38N4O3. The van der Waals surface area contributed by atoms with Crippen LogP contribution in [0.2, 0.25) is 0 Å². The summed E-state index contributed by atoms with van der Waals surface area (Å²) in [6.07, 6.45) is 2.02. The average Bonchev–Trinajstić information content (AvgIpc) is 2.98. The zero-order valence-corrected chi connectivity index (χ0v) is 22.7. The Hall–Kier alpha value is -3.58. The van der Waals surface area contributed by atoms with E-state index in [1.54, 1.807) is 14.2 Å². The fraction of sp³-hybridized carbons (Fsp3) is 0.419. The van der Waals surface area contributed by atoms with Gasteiger partial charge in [0.1, 0.15) is 11.5 Å². The van der Waals surface area contributed by atoms with Crippen molar-refractivity contribution in [2.45, 2.75) is 32.2 Å². The van der Waals surface area contributed by atoms with Crippen LogP contribution in [0, 0.1) is 6.92 Å². The Kier molecular flexibility index (Phi) is 8.13. The molecule has 0 unspecified atom stereocenters. The van der Waals surface area contributed by atoms with E-state index in [-0.39, 0.29) is 5.91 Å². The van der Waals surface area contributed by atoms with E-state index in [4.69, 9.17) is 14.5 Å². The minimum Gasteiger partial charge on any atom is -0.497 e. The SMILES string of the molecule is COc1ccc(CN2CCC(c3nc(C)ccc3C(=O)N3CCN(c4cccc(OC)c4)CC3)CC2)cc1. The van der Waals surface area contributed by atoms with Crippen molar-refractivity contribution < 1.29 is 14.3 Å². The van der Waals surface area contributed by atoms with Gasteiger partial charge in [-0.1, -0.05) is 18.2 Å². The van der Waals surface area contributed by atoms with Crippen LogP contribution in [-0.2, 0) is 6.54 Å². The maximum atomic E-state index is 13.7. The van der Waals surface area contributed by atoms with Crippen LogP contribution in [-0.4, -0.2) is 74.2 Å². The Balaban J connectivity index is 1.21. The molecule has 1 amide bonds. The van der Waals surface area contributed by atoms with Crippen molar-refractivity contribution >= 4 is 11.6 Å². The first-order valence-corrected chi connectivity index (χ1v) is 13.5. The van der Waals surface area contributed by atoms with Gasteiger partial charge < -0.3 is 19.3 Å². The van der Waals surface area contributed by atoms with Crippen LogP contribution in [0.15, 0.2) is 60.7 Å². The Labute approximate surface area is 226 Å². The van der Waals surface area contributed by atoms with Crippen LogP contribution in [0.5, 0.6) is 11.5 Å². The van der Waals surface area contributed by atoms with E-state index in [9.17, 15) is 4.79 Å². The largest absolute Gasteiger partial charge is 0.497 e. The molecule has 38 heavy (non-hydrogen) atoms.